The van der Waals surface area contributed by atoms with Gasteiger partial charge in [0.25, 0.3) is 5.95 Å². The molecule has 0 fully saturated rings. The monoisotopic (exact) mass is 260 g/mol. The lowest BCUT2D eigenvalue weighted by molar-refractivity contribution is -0.670. The first-order valence-electron chi connectivity index (χ1n) is 4.52. The number of H-pyrrole nitrogens is 1. The molecule has 2 aromatic heterocycles. The zero-order valence-electron chi connectivity index (χ0n) is 8.48. The van der Waals surface area contributed by atoms with Gasteiger partial charge in [0.2, 0.25) is 6.33 Å². The highest BCUT2D eigenvalue weighted by Crippen LogP contribution is 2.27. The Morgan fingerprint density at radius 3 is 3.06 bits per heavy atom. The average Bonchev–Trinajstić information content (AvgIpc) is 2.57. The Bertz CT molecular complexity index is 656. The number of anilines is 1. The molecule has 10 nitrogen and oxygen atoms in total. The highest BCUT2D eigenvalue weighted by molar-refractivity contribution is 7.50. The number of rotatable bonds is 3. The number of aromatic nitrogens is 5. The Morgan fingerprint density at radius 2 is 2.41 bits per heavy atom. The van der Waals surface area contributed by atoms with Crippen molar-refractivity contribution < 1.29 is 18.9 Å². The predicted molar refractivity (Wildman–Crippen MR) is 52.9 cm³/mol. The van der Waals surface area contributed by atoms with Gasteiger partial charge < -0.3 is 20.1 Å². The maximum Gasteiger partial charge on any atom is 0.408 e. The largest absolute Gasteiger partial charge is 0.779 e. The second-order valence-corrected chi connectivity index (χ2v) is 5.05. The minimum absolute atomic E-state index is 0.0727. The van der Waals surface area contributed by atoms with E-state index in [4.69, 9.17) is 10.6 Å². The zero-order valence-corrected chi connectivity index (χ0v) is 9.37. The molecular weight excluding hydrogens is 251 g/mol. The summed E-state index contributed by atoms with van der Waals surface area (Å²) in [4.78, 5) is 36.7. The zero-order chi connectivity index (χ0) is 12.6. The van der Waals surface area contributed by atoms with E-state index in [1.165, 1.54) is 10.9 Å². The first kappa shape index (κ1) is 11.7. The van der Waals surface area contributed by atoms with Crippen LogP contribution in [0.1, 0.15) is 0 Å². The number of hydrogen-bond acceptors (Lipinski definition) is 6. The van der Waals surface area contributed by atoms with E-state index in [0.29, 0.717) is 0 Å². The van der Waals surface area contributed by atoms with Crippen molar-refractivity contribution in [3.8, 4) is 0 Å². The van der Waals surface area contributed by atoms with Crippen molar-refractivity contribution in [2.75, 3.05) is 11.9 Å². The van der Waals surface area contributed by atoms with Crippen molar-refractivity contribution in [1.29, 1.82) is 0 Å². The molecule has 4 N–H and O–H groups in total. The molecule has 11 heteroatoms. The lowest BCUT2D eigenvalue weighted by atomic mass is 10.7. The number of nitrogens with one attached hydrogen (secondary N) is 1. The first-order valence-corrected chi connectivity index (χ1v) is 6.29. The summed E-state index contributed by atoms with van der Waals surface area (Å²) in [5.74, 6) is -0.00856. The third kappa shape index (κ3) is 2.49. The van der Waals surface area contributed by atoms with Gasteiger partial charge >= 0.3 is 11.5 Å². The van der Waals surface area contributed by atoms with Gasteiger partial charge in [-0.1, -0.05) is 4.98 Å². The Labute approximate surface area is 93.9 Å². The molecule has 0 radical (unpaired) electrons. The van der Waals surface area contributed by atoms with Gasteiger partial charge in [-0.05, 0) is 4.52 Å². The van der Waals surface area contributed by atoms with Crippen molar-refractivity contribution in [1.82, 2.24) is 19.6 Å². The molecule has 0 aliphatic heterocycles. The van der Waals surface area contributed by atoms with Gasteiger partial charge in [0.1, 0.15) is 7.60 Å². The third-order valence-corrected chi connectivity index (χ3v) is 2.79. The summed E-state index contributed by atoms with van der Waals surface area (Å²) in [5, 5.41) is 3.70. The maximum absolute atomic E-state index is 11.4. The van der Waals surface area contributed by atoms with Gasteiger partial charge in [0, 0.05) is 11.3 Å². The molecule has 17 heavy (non-hydrogen) atoms. The van der Waals surface area contributed by atoms with Crippen LogP contribution in [0.2, 0.25) is 0 Å². The van der Waals surface area contributed by atoms with Crippen LogP contribution in [0.3, 0.4) is 0 Å². The smallest absolute Gasteiger partial charge is 0.408 e. The minimum atomic E-state index is -4.36. The van der Waals surface area contributed by atoms with Crippen LogP contribution in [0, 0.1) is 0 Å². The molecule has 2 aromatic rings. The van der Waals surface area contributed by atoms with Crippen LogP contribution in [-0.2, 0) is 11.1 Å². The maximum atomic E-state index is 11.4. The summed E-state index contributed by atoms with van der Waals surface area (Å²) in [7, 11) is -4.36. The number of hydrogen-bond donors (Lipinski definition) is 3. The minimum Gasteiger partial charge on any atom is -0.779 e. The lowest BCUT2D eigenvalue weighted by Crippen LogP contribution is -2.37. The van der Waals surface area contributed by atoms with Crippen molar-refractivity contribution >= 4 is 19.3 Å². The summed E-state index contributed by atoms with van der Waals surface area (Å²) in [6.45, 7) is -0.0727. The number of fused-ring (bicyclic) bond motifs is 1. The van der Waals surface area contributed by atoms with Gasteiger partial charge in [0.15, 0.2) is 0 Å². The summed E-state index contributed by atoms with van der Waals surface area (Å²) in [6, 6.07) is 0. The van der Waals surface area contributed by atoms with Crippen LogP contribution >= 0.6 is 7.60 Å². The van der Waals surface area contributed by atoms with Crippen LogP contribution in [0.4, 0.5) is 5.95 Å². The molecule has 1 unspecified atom stereocenters. The summed E-state index contributed by atoms with van der Waals surface area (Å²) < 4.78 is 12.9. The number of nitrogens with zero attached hydrogens (tertiary/aromatic N) is 4. The fourth-order valence-electron chi connectivity index (χ4n) is 1.28. The molecule has 0 aromatic carbocycles. The van der Waals surface area contributed by atoms with Crippen LogP contribution < -0.4 is 20.9 Å². The number of nitrogen functional groups attached to an aromatic ring is 1. The van der Waals surface area contributed by atoms with E-state index < -0.39 is 19.4 Å². The van der Waals surface area contributed by atoms with Gasteiger partial charge in [0.05, 0.1) is 6.54 Å². The van der Waals surface area contributed by atoms with Gasteiger partial charge in [-0.3, -0.25) is 4.98 Å². The van der Waals surface area contributed by atoms with E-state index in [2.05, 4.69) is 15.1 Å². The van der Waals surface area contributed by atoms with E-state index in [1.54, 1.807) is 0 Å². The highest BCUT2D eigenvalue weighted by Gasteiger charge is 2.17. The highest BCUT2D eigenvalue weighted by atomic mass is 31.2. The van der Waals surface area contributed by atoms with E-state index in [9.17, 15) is 14.3 Å². The molecule has 2 rings (SSSR count). The molecular formula is C6H9N6O4P. The molecule has 0 bridgehead atoms. The predicted octanol–water partition coefficient (Wildman–Crippen LogP) is -3.17. The topological polar surface area (TPSA) is 153 Å². The molecule has 0 aliphatic carbocycles. The SMILES string of the molecule is Nc1nc2n(nc[n+]2CCP(=O)([O-])O)c(=O)[nH]1. The molecule has 0 aliphatic rings. The van der Waals surface area contributed by atoms with Gasteiger partial charge in [-0.25, -0.2) is 9.36 Å². The summed E-state index contributed by atoms with van der Waals surface area (Å²) in [6.07, 6.45) is 0.750. The fraction of sp³-hybridized carbons (Fsp3) is 0.333. The van der Waals surface area contributed by atoms with Crippen LogP contribution in [-0.4, -0.2) is 30.6 Å². The second-order valence-electron chi connectivity index (χ2n) is 3.32. The van der Waals surface area contributed by atoms with E-state index in [-0.39, 0.29) is 18.3 Å². The van der Waals surface area contributed by atoms with Crippen molar-refractivity contribution in [3.63, 3.8) is 0 Å². The first-order chi connectivity index (χ1) is 7.87. The average molecular weight is 260 g/mol. The van der Waals surface area contributed by atoms with E-state index >= 15 is 0 Å². The second kappa shape index (κ2) is 3.91. The quantitative estimate of drug-likeness (QED) is 0.388. The molecule has 92 valence electrons. The van der Waals surface area contributed by atoms with Crippen molar-refractivity contribution in [2.45, 2.75) is 6.54 Å². The summed E-state index contributed by atoms with van der Waals surface area (Å²) in [5.41, 5.74) is 4.76. The van der Waals surface area contributed by atoms with Gasteiger partial charge in [-0.15, -0.1) is 0 Å². The fourth-order valence-corrected chi connectivity index (χ4v) is 1.75. The Hall–Kier alpha value is -1.77. The van der Waals surface area contributed by atoms with Crippen molar-refractivity contribution in [3.05, 3.63) is 16.8 Å². The third-order valence-electron chi connectivity index (χ3n) is 2.02. The van der Waals surface area contributed by atoms with Crippen molar-refractivity contribution in [2.24, 2.45) is 0 Å². The normalized spacial score (nSPS) is 14.9. The number of aromatic amines is 1. The molecule has 0 amide bonds. The molecule has 2 heterocycles. The van der Waals surface area contributed by atoms with Crippen LogP contribution in [0.25, 0.3) is 5.78 Å². The van der Waals surface area contributed by atoms with Crippen LogP contribution in [0.5, 0.6) is 0 Å². The lowest BCUT2D eigenvalue weighted by Gasteiger charge is -2.13. The van der Waals surface area contributed by atoms with E-state index in [1.807, 2.05) is 0 Å². The molecule has 1 atom stereocenters. The summed E-state index contributed by atoms with van der Waals surface area (Å²) >= 11 is 0. The van der Waals surface area contributed by atoms with Crippen LogP contribution in [0.15, 0.2) is 11.1 Å². The number of aryl methyl sites for hydroxylation is 1. The molecule has 0 spiro atoms. The van der Waals surface area contributed by atoms with E-state index in [0.717, 1.165) is 4.52 Å². The molecule has 0 saturated carbocycles. The Kier molecular flexibility index (Phi) is 2.69. The van der Waals surface area contributed by atoms with Gasteiger partial charge in [-0.2, -0.15) is 0 Å². The molecule has 0 saturated heterocycles. The standard InChI is InChI=1S/C6H9N6O4P/c7-4-9-5-11(1-2-17(14,15)16)3-8-12(5)6(13)10-4/h3H,1-2H2,(H4,7,10,13,14,15,16). The Morgan fingerprint density at radius 1 is 1.71 bits per heavy atom. The Balaban J connectivity index is 2.43. The number of nitrogens with two attached hydrogens (primary N) is 1.